The molecule has 0 spiro atoms. The SMILES string of the molecule is Nc1cc(Cl)c(N2CCCCCC2)c(C(=O)O)c1. The molecule has 0 atom stereocenters. The minimum atomic E-state index is -0.983. The van der Waals surface area contributed by atoms with E-state index < -0.39 is 5.97 Å². The summed E-state index contributed by atoms with van der Waals surface area (Å²) in [5.74, 6) is -0.983. The number of hydrogen-bond donors (Lipinski definition) is 2. The summed E-state index contributed by atoms with van der Waals surface area (Å²) in [6.07, 6.45) is 4.51. The van der Waals surface area contributed by atoms with Gasteiger partial charge in [-0.2, -0.15) is 0 Å². The Labute approximate surface area is 111 Å². The van der Waals surface area contributed by atoms with Gasteiger partial charge in [0.2, 0.25) is 0 Å². The molecule has 1 saturated heterocycles. The van der Waals surface area contributed by atoms with Gasteiger partial charge in [-0.05, 0) is 25.0 Å². The number of nitrogens with zero attached hydrogens (tertiary/aromatic N) is 1. The summed E-state index contributed by atoms with van der Waals surface area (Å²) < 4.78 is 0. The van der Waals surface area contributed by atoms with Crippen LogP contribution < -0.4 is 10.6 Å². The number of rotatable bonds is 2. The van der Waals surface area contributed by atoms with E-state index in [4.69, 9.17) is 17.3 Å². The van der Waals surface area contributed by atoms with Crippen molar-refractivity contribution in [3.8, 4) is 0 Å². The van der Waals surface area contributed by atoms with Gasteiger partial charge < -0.3 is 15.7 Å². The van der Waals surface area contributed by atoms with Crippen LogP contribution in [0.5, 0.6) is 0 Å². The van der Waals surface area contributed by atoms with Crippen LogP contribution in [-0.4, -0.2) is 24.2 Å². The van der Waals surface area contributed by atoms with E-state index in [9.17, 15) is 9.90 Å². The van der Waals surface area contributed by atoms with Crippen LogP contribution in [-0.2, 0) is 0 Å². The van der Waals surface area contributed by atoms with Gasteiger partial charge in [0.05, 0.1) is 16.3 Å². The van der Waals surface area contributed by atoms with Crippen LogP contribution >= 0.6 is 11.6 Å². The van der Waals surface area contributed by atoms with Crippen molar-refractivity contribution < 1.29 is 9.90 Å². The molecule has 1 aromatic rings. The van der Waals surface area contributed by atoms with Crippen molar-refractivity contribution in [2.75, 3.05) is 23.7 Å². The number of carboxylic acid groups (broad SMARTS) is 1. The second-order valence-electron chi connectivity index (χ2n) is 4.61. The Hall–Kier alpha value is -1.42. The third-order valence-corrected chi connectivity index (χ3v) is 3.53. The number of halogens is 1. The fourth-order valence-electron chi connectivity index (χ4n) is 2.40. The molecule has 1 aromatic carbocycles. The highest BCUT2D eigenvalue weighted by Gasteiger charge is 2.21. The van der Waals surface area contributed by atoms with E-state index in [1.54, 1.807) is 6.07 Å². The van der Waals surface area contributed by atoms with E-state index >= 15 is 0 Å². The molecule has 18 heavy (non-hydrogen) atoms. The van der Waals surface area contributed by atoms with Crippen LogP contribution in [0.15, 0.2) is 12.1 Å². The van der Waals surface area contributed by atoms with Gasteiger partial charge in [-0.15, -0.1) is 0 Å². The molecule has 1 aliphatic heterocycles. The molecule has 0 aromatic heterocycles. The number of benzene rings is 1. The molecule has 0 radical (unpaired) electrons. The number of aromatic carboxylic acids is 1. The van der Waals surface area contributed by atoms with Crippen molar-refractivity contribution in [1.29, 1.82) is 0 Å². The molecule has 0 saturated carbocycles. The lowest BCUT2D eigenvalue weighted by atomic mass is 10.1. The van der Waals surface area contributed by atoms with Crippen LogP contribution in [0.25, 0.3) is 0 Å². The average Bonchev–Trinajstić information content (AvgIpc) is 2.56. The third kappa shape index (κ3) is 2.70. The summed E-state index contributed by atoms with van der Waals surface area (Å²) in [6, 6.07) is 3.10. The molecule has 4 nitrogen and oxygen atoms in total. The first-order valence-corrected chi connectivity index (χ1v) is 6.54. The molecule has 1 fully saturated rings. The van der Waals surface area contributed by atoms with E-state index in [1.165, 1.54) is 18.9 Å². The number of carboxylic acids is 1. The highest BCUT2D eigenvalue weighted by Crippen LogP contribution is 2.34. The van der Waals surface area contributed by atoms with E-state index in [-0.39, 0.29) is 5.56 Å². The zero-order valence-corrected chi connectivity index (χ0v) is 10.9. The Morgan fingerprint density at radius 2 is 1.83 bits per heavy atom. The molecule has 5 heteroatoms. The fourth-order valence-corrected chi connectivity index (χ4v) is 2.75. The van der Waals surface area contributed by atoms with E-state index in [2.05, 4.69) is 4.90 Å². The number of carbonyl (C=O) groups is 1. The predicted octanol–water partition coefficient (Wildman–Crippen LogP) is 3.00. The fraction of sp³-hybridized carbons (Fsp3) is 0.462. The highest BCUT2D eigenvalue weighted by molar-refractivity contribution is 6.34. The Balaban J connectivity index is 2.43. The Kier molecular flexibility index (Phi) is 3.97. The second kappa shape index (κ2) is 5.48. The molecule has 3 N–H and O–H groups in total. The Morgan fingerprint density at radius 3 is 2.39 bits per heavy atom. The van der Waals surface area contributed by atoms with Gasteiger partial charge in [0.25, 0.3) is 0 Å². The summed E-state index contributed by atoms with van der Waals surface area (Å²) in [6.45, 7) is 1.70. The maximum Gasteiger partial charge on any atom is 0.337 e. The molecular weight excluding hydrogens is 252 g/mol. The van der Waals surface area contributed by atoms with Crippen LogP contribution in [0.3, 0.4) is 0 Å². The molecule has 98 valence electrons. The van der Waals surface area contributed by atoms with Crippen molar-refractivity contribution in [3.63, 3.8) is 0 Å². The molecular formula is C13H17ClN2O2. The maximum absolute atomic E-state index is 11.3. The zero-order chi connectivity index (χ0) is 13.1. The lowest BCUT2D eigenvalue weighted by Crippen LogP contribution is -2.26. The normalized spacial score (nSPS) is 16.4. The molecule has 2 rings (SSSR count). The molecule has 1 aliphatic rings. The zero-order valence-electron chi connectivity index (χ0n) is 10.2. The number of hydrogen-bond acceptors (Lipinski definition) is 3. The first-order chi connectivity index (χ1) is 8.59. The molecule has 0 bridgehead atoms. The van der Waals surface area contributed by atoms with Gasteiger partial charge in [0, 0.05) is 18.8 Å². The van der Waals surface area contributed by atoms with Crippen molar-refractivity contribution in [2.45, 2.75) is 25.7 Å². The lowest BCUT2D eigenvalue weighted by Gasteiger charge is -2.25. The third-order valence-electron chi connectivity index (χ3n) is 3.24. The average molecular weight is 269 g/mol. The molecule has 0 aliphatic carbocycles. The van der Waals surface area contributed by atoms with Crippen LogP contribution in [0.2, 0.25) is 5.02 Å². The van der Waals surface area contributed by atoms with Crippen molar-refractivity contribution >= 4 is 28.9 Å². The van der Waals surface area contributed by atoms with Crippen LogP contribution in [0, 0.1) is 0 Å². The van der Waals surface area contributed by atoms with Gasteiger partial charge in [0.15, 0.2) is 0 Å². The van der Waals surface area contributed by atoms with E-state index in [0.717, 1.165) is 25.9 Å². The van der Waals surface area contributed by atoms with Gasteiger partial charge >= 0.3 is 5.97 Å². The van der Waals surface area contributed by atoms with Gasteiger partial charge in [-0.1, -0.05) is 24.4 Å². The lowest BCUT2D eigenvalue weighted by molar-refractivity contribution is 0.0697. The number of nitrogens with two attached hydrogens (primary N) is 1. The predicted molar refractivity (Wildman–Crippen MR) is 73.5 cm³/mol. The standard InChI is InChI=1S/C13H17ClN2O2/c14-11-8-9(15)7-10(13(17)18)12(11)16-5-3-1-2-4-6-16/h7-8H,1-6,15H2,(H,17,18). The molecule has 0 amide bonds. The minimum absolute atomic E-state index is 0.196. The Morgan fingerprint density at radius 1 is 1.22 bits per heavy atom. The smallest absolute Gasteiger partial charge is 0.337 e. The van der Waals surface area contributed by atoms with Gasteiger partial charge in [0.1, 0.15) is 0 Å². The monoisotopic (exact) mass is 268 g/mol. The van der Waals surface area contributed by atoms with E-state index in [1.807, 2.05) is 0 Å². The minimum Gasteiger partial charge on any atom is -0.478 e. The summed E-state index contributed by atoms with van der Waals surface area (Å²) in [7, 11) is 0. The van der Waals surface area contributed by atoms with Gasteiger partial charge in [-0.25, -0.2) is 4.79 Å². The summed E-state index contributed by atoms with van der Waals surface area (Å²) in [5.41, 5.74) is 6.85. The van der Waals surface area contributed by atoms with Crippen molar-refractivity contribution in [3.05, 3.63) is 22.7 Å². The van der Waals surface area contributed by atoms with Crippen molar-refractivity contribution in [1.82, 2.24) is 0 Å². The van der Waals surface area contributed by atoms with Crippen LogP contribution in [0.1, 0.15) is 36.0 Å². The van der Waals surface area contributed by atoms with Gasteiger partial charge in [-0.3, -0.25) is 0 Å². The second-order valence-corrected chi connectivity index (χ2v) is 5.01. The first-order valence-electron chi connectivity index (χ1n) is 6.17. The van der Waals surface area contributed by atoms with Crippen molar-refractivity contribution in [2.24, 2.45) is 0 Å². The summed E-state index contributed by atoms with van der Waals surface area (Å²) >= 11 is 6.18. The highest BCUT2D eigenvalue weighted by atomic mass is 35.5. The summed E-state index contributed by atoms with van der Waals surface area (Å²) in [5, 5.41) is 9.70. The maximum atomic E-state index is 11.3. The first kappa shape index (κ1) is 13.0. The van der Waals surface area contributed by atoms with Crippen LogP contribution in [0.4, 0.5) is 11.4 Å². The quantitative estimate of drug-likeness (QED) is 0.809. The summed E-state index contributed by atoms with van der Waals surface area (Å²) in [4.78, 5) is 13.4. The molecule has 0 unspecified atom stereocenters. The number of nitrogen functional groups attached to an aromatic ring is 1. The van der Waals surface area contributed by atoms with E-state index in [0.29, 0.717) is 16.4 Å². The topological polar surface area (TPSA) is 66.6 Å². The molecule has 1 heterocycles. The number of anilines is 2. The Bertz CT molecular complexity index is 455. The largest absolute Gasteiger partial charge is 0.478 e.